The number of hydrogen-bond donors (Lipinski definition) is 2. The zero-order chi connectivity index (χ0) is 16.5. The Kier molecular flexibility index (Phi) is 6.61. The van der Waals surface area contributed by atoms with Gasteiger partial charge >= 0.3 is 0 Å². The van der Waals surface area contributed by atoms with Crippen LogP contribution in [-0.4, -0.2) is 11.8 Å². The number of nitrogens with zero attached hydrogens (tertiary/aromatic N) is 1. The minimum Gasteiger partial charge on any atom is -0.326 e. The summed E-state index contributed by atoms with van der Waals surface area (Å²) in [5, 5.41) is 14.0. The van der Waals surface area contributed by atoms with Gasteiger partial charge in [-0.05, 0) is 30.5 Å². The van der Waals surface area contributed by atoms with E-state index in [1.807, 2.05) is 0 Å². The van der Waals surface area contributed by atoms with E-state index in [-0.39, 0.29) is 18.2 Å². The van der Waals surface area contributed by atoms with Crippen LogP contribution < -0.4 is 10.6 Å². The van der Waals surface area contributed by atoms with E-state index in [0.717, 1.165) is 6.42 Å². The number of nitriles is 1. The number of nitrogens with one attached hydrogen (secondary N) is 2. The average molecular weight is 313 g/mol. The zero-order valence-corrected chi connectivity index (χ0v) is 13.3. The summed E-state index contributed by atoms with van der Waals surface area (Å²) in [6, 6.07) is 8.78. The Labute approximate surface area is 137 Å². The van der Waals surface area contributed by atoms with Crippen molar-refractivity contribution in [2.75, 3.05) is 10.6 Å². The normalized spacial score (nSPS) is 14.7. The van der Waals surface area contributed by atoms with Gasteiger partial charge in [-0.25, -0.2) is 0 Å². The summed E-state index contributed by atoms with van der Waals surface area (Å²) in [6.07, 6.45) is 7.69. The van der Waals surface area contributed by atoms with Crippen molar-refractivity contribution < 1.29 is 9.59 Å². The van der Waals surface area contributed by atoms with E-state index in [2.05, 4.69) is 10.6 Å². The number of rotatable bonds is 6. The number of carbonyl (C=O) groups excluding carboxylic acids is 2. The fourth-order valence-electron chi connectivity index (χ4n) is 2.99. The Balaban J connectivity index is 1.80. The van der Waals surface area contributed by atoms with E-state index in [4.69, 9.17) is 5.26 Å². The second-order valence-corrected chi connectivity index (χ2v) is 6.05. The monoisotopic (exact) mass is 313 g/mol. The minimum atomic E-state index is -0.353. The summed E-state index contributed by atoms with van der Waals surface area (Å²) in [7, 11) is 0. The molecule has 0 bridgehead atoms. The van der Waals surface area contributed by atoms with Crippen LogP contribution in [0.25, 0.3) is 0 Å². The Hall–Kier alpha value is -2.35. The summed E-state index contributed by atoms with van der Waals surface area (Å²) >= 11 is 0. The Morgan fingerprint density at radius 2 is 1.74 bits per heavy atom. The number of hydrogen-bond acceptors (Lipinski definition) is 3. The third-order valence-electron chi connectivity index (χ3n) is 4.17. The summed E-state index contributed by atoms with van der Waals surface area (Å²) in [4.78, 5) is 23.5. The minimum absolute atomic E-state index is 0.0103. The summed E-state index contributed by atoms with van der Waals surface area (Å²) < 4.78 is 0. The highest BCUT2D eigenvalue weighted by atomic mass is 16.2. The Morgan fingerprint density at radius 3 is 2.39 bits per heavy atom. The van der Waals surface area contributed by atoms with Crippen LogP contribution in [0.5, 0.6) is 0 Å². The molecule has 0 spiro atoms. The lowest BCUT2D eigenvalue weighted by molar-refractivity contribution is -0.116. The van der Waals surface area contributed by atoms with E-state index in [0.29, 0.717) is 23.7 Å². The first-order chi connectivity index (χ1) is 11.2. The molecule has 0 radical (unpaired) electrons. The van der Waals surface area contributed by atoms with Crippen LogP contribution in [0.1, 0.15) is 51.4 Å². The van der Waals surface area contributed by atoms with Gasteiger partial charge in [-0.2, -0.15) is 5.26 Å². The molecule has 2 rings (SSSR count). The van der Waals surface area contributed by atoms with Gasteiger partial charge in [0.05, 0.1) is 6.07 Å². The van der Waals surface area contributed by atoms with Gasteiger partial charge in [-0.1, -0.05) is 38.2 Å². The van der Waals surface area contributed by atoms with Gasteiger partial charge < -0.3 is 10.6 Å². The van der Waals surface area contributed by atoms with Crippen LogP contribution in [-0.2, 0) is 9.59 Å². The first kappa shape index (κ1) is 17.0. The quantitative estimate of drug-likeness (QED) is 0.837. The summed E-state index contributed by atoms with van der Waals surface area (Å²) in [5.41, 5.74) is 1.24. The topological polar surface area (TPSA) is 82.0 Å². The molecule has 1 aromatic rings. The zero-order valence-electron chi connectivity index (χ0n) is 13.3. The molecule has 2 N–H and O–H groups in total. The fourth-order valence-corrected chi connectivity index (χ4v) is 2.99. The van der Waals surface area contributed by atoms with Crippen LogP contribution in [0, 0.1) is 17.2 Å². The van der Waals surface area contributed by atoms with Gasteiger partial charge in [0, 0.05) is 17.8 Å². The maximum absolute atomic E-state index is 12.0. The number of carbonyl (C=O) groups is 2. The first-order valence-electron chi connectivity index (χ1n) is 8.24. The number of benzene rings is 1. The molecule has 0 atom stereocenters. The molecule has 2 amide bonds. The standard InChI is InChI=1S/C18H23N3O2/c19-12-11-18(23)21-16-8-4-7-15(13-16)20-17(22)10-9-14-5-2-1-3-6-14/h4,7-8,13-14H,1-3,5-6,9-11H2,(H,20,22)(H,21,23). The van der Waals surface area contributed by atoms with E-state index in [1.54, 1.807) is 30.3 Å². The van der Waals surface area contributed by atoms with E-state index < -0.39 is 0 Å². The van der Waals surface area contributed by atoms with Crippen molar-refractivity contribution in [3.05, 3.63) is 24.3 Å². The molecule has 5 heteroatoms. The van der Waals surface area contributed by atoms with Gasteiger partial charge in [-0.15, -0.1) is 0 Å². The highest BCUT2D eigenvalue weighted by Crippen LogP contribution is 2.27. The maximum Gasteiger partial charge on any atom is 0.238 e. The molecule has 1 aliphatic rings. The van der Waals surface area contributed by atoms with E-state index in [9.17, 15) is 9.59 Å². The highest BCUT2D eigenvalue weighted by molar-refractivity contribution is 5.94. The molecule has 0 aromatic heterocycles. The highest BCUT2D eigenvalue weighted by Gasteiger charge is 2.15. The van der Waals surface area contributed by atoms with Crippen LogP contribution >= 0.6 is 0 Å². The SMILES string of the molecule is N#CCC(=O)Nc1cccc(NC(=O)CCC2CCCCC2)c1. The van der Waals surface area contributed by atoms with E-state index >= 15 is 0 Å². The molecule has 0 heterocycles. The predicted molar refractivity (Wildman–Crippen MR) is 89.7 cm³/mol. The molecular weight excluding hydrogens is 290 g/mol. The van der Waals surface area contributed by atoms with Gasteiger partial charge in [0.2, 0.25) is 11.8 Å². The molecule has 1 fully saturated rings. The average Bonchev–Trinajstić information content (AvgIpc) is 2.54. The third-order valence-corrected chi connectivity index (χ3v) is 4.17. The lowest BCUT2D eigenvalue weighted by Crippen LogP contribution is -2.15. The van der Waals surface area contributed by atoms with Crippen LogP contribution in [0.3, 0.4) is 0 Å². The summed E-state index contributed by atoms with van der Waals surface area (Å²) in [5.74, 6) is 0.343. The fraction of sp³-hybridized carbons (Fsp3) is 0.500. The largest absolute Gasteiger partial charge is 0.326 e. The van der Waals surface area contributed by atoms with E-state index in [1.165, 1.54) is 32.1 Å². The maximum atomic E-state index is 12.0. The Morgan fingerprint density at radius 1 is 1.09 bits per heavy atom. The first-order valence-corrected chi connectivity index (χ1v) is 8.24. The Bertz CT molecular complexity index is 586. The molecule has 23 heavy (non-hydrogen) atoms. The van der Waals surface area contributed by atoms with Gasteiger partial charge in [-0.3, -0.25) is 9.59 Å². The lowest BCUT2D eigenvalue weighted by Gasteiger charge is -2.21. The van der Waals surface area contributed by atoms with Crippen LogP contribution in [0.2, 0.25) is 0 Å². The van der Waals surface area contributed by atoms with Crippen molar-refractivity contribution in [1.29, 1.82) is 5.26 Å². The molecule has 5 nitrogen and oxygen atoms in total. The number of anilines is 2. The van der Waals surface area contributed by atoms with Crippen molar-refractivity contribution in [1.82, 2.24) is 0 Å². The molecule has 1 aliphatic carbocycles. The third kappa shape index (κ3) is 6.11. The van der Waals surface area contributed by atoms with Gasteiger partial charge in [0.15, 0.2) is 0 Å². The van der Waals surface area contributed by atoms with Crippen LogP contribution in [0.4, 0.5) is 11.4 Å². The van der Waals surface area contributed by atoms with Gasteiger partial charge in [0.1, 0.15) is 6.42 Å². The van der Waals surface area contributed by atoms with Crippen molar-refractivity contribution >= 4 is 23.2 Å². The molecule has 122 valence electrons. The predicted octanol–water partition coefficient (Wildman–Crippen LogP) is 3.84. The molecule has 1 aromatic carbocycles. The summed E-state index contributed by atoms with van der Waals surface area (Å²) in [6.45, 7) is 0. The van der Waals surface area contributed by atoms with Gasteiger partial charge in [0.25, 0.3) is 0 Å². The second kappa shape index (κ2) is 8.94. The van der Waals surface area contributed by atoms with Crippen molar-refractivity contribution in [2.24, 2.45) is 5.92 Å². The van der Waals surface area contributed by atoms with Crippen molar-refractivity contribution in [3.63, 3.8) is 0 Å². The lowest BCUT2D eigenvalue weighted by atomic mass is 9.86. The molecule has 1 saturated carbocycles. The van der Waals surface area contributed by atoms with Crippen LogP contribution in [0.15, 0.2) is 24.3 Å². The molecule has 0 saturated heterocycles. The second-order valence-electron chi connectivity index (χ2n) is 6.05. The van der Waals surface area contributed by atoms with Crippen molar-refractivity contribution in [2.45, 2.75) is 51.4 Å². The molecular formula is C18H23N3O2. The van der Waals surface area contributed by atoms with Crippen molar-refractivity contribution in [3.8, 4) is 6.07 Å². The smallest absolute Gasteiger partial charge is 0.238 e. The molecule has 0 aliphatic heterocycles. The molecule has 0 unspecified atom stereocenters. The number of amides is 2.